The number of carbonyl (C=O) groups is 2. The van der Waals surface area contributed by atoms with E-state index in [9.17, 15) is 14.7 Å². The Morgan fingerprint density at radius 1 is 1.39 bits per heavy atom. The van der Waals surface area contributed by atoms with E-state index in [0.717, 1.165) is 0 Å². The Bertz CT molecular complexity index is 312. The van der Waals surface area contributed by atoms with Gasteiger partial charge in [0.1, 0.15) is 11.6 Å². The fraction of sp³-hybridized carbons (Fsp3) is 0.833. The van der Waals surface area contributed by atoms with E-state index in [1.54, 1.807) is 20.8 Å². The standard InChI is InChI=1S/C12H22N2O4/c1-12(2,3)18-11(17)14-9-5-4-8(15)6-7-13-10(9)16/h8-9,15H,4-7H2,1-3H3,(H,13,16)(H,14,17)/t8-,9+/m1/s1. The second-order valence-corrected chi connectivity index (χ2v) is 5.51. The topological polar surface area (TPSA) is 87.7 Å². The van der Waals surface area contributed by atoms with Crippen molar-refractivity contribution in [3.05, 3.63) is 0 Å². The van der Waals surface area contributed by atoms with Crippen molar-refractivity contribution in [1.82, 2.24) is 10.6 Å². The summed E-state index contributed by atoms with van der Waals surface area (Å²) in [6, 6.07) is -0.644. The second-order valence-electron chi connectivity index (χ2n) is 5.51. The van der Waals surface area contributed by atoms with Crippen molar-refractivity contribution in [2.45, 2.75) is 57.8 Å². The summed E-state index contributed by atoms with van der Waals surface area (Å²) in [4.78, 5) is 23.3. The van der Waals surface area contributed by atoms with Crippen LogP contribution in [-0.4, -0.2) is 41.4 Å². The van der Waals surface area contributed by atoms with Crippen LogP contribution in [0, 0.1) is 0 Å². The number of hydrogen-bond donors (Lipinski definition) is 3. The van der Waals surface area contributed by atoms with Crippen LogP contribution in [0.4, 0.5) is 4.79 Å². The summed E-state index contributed by atoms with van der Waals surface area (Å²) in [6.45, 7) is 5.70. The molecule has 2 atom stereocenters. The number of amides is 2. The van der Waals surface area contributed by atoms with Crippen molar-refractivity contribution in [3.8, 4) is 0 Å². The average Bonchev–Trinajstić information content (AvgIpc) is 2.19. The lowest BCUT2D eigenvalue weighted by molar-refractivity contribution is -0.124. The van der Waals surface area contributed by atoms with E-state index in [1.807, 2.05) is 0 Å². The lowest BCUT2D eigenvalue weighted by atomic mass is 10.0. The van der Waals surface area contributed by atoms with E-state index < -0.39 is 23.8 Å². The van der Waals surface area contributed by atoms with Crippen LogP contribution >= 0.6 is 0 Å². The van der Waals surface area contributed by atoms with Crippen molar-refractivity contribution >= 4 is 12.0 Å². The molecule has 1 aliphatic rings. The third kappa shape index (κ3) is 5.35. The van der Waals surface area contributed by atoms with Gasteiger partial charge in [-0.1, -0.05) is 0 Å². The summed E-state index contributed by atoms with van der Waals surface area (Å²) in [5.41, 5.74) is -0.596. The van der Waals surface area contributed by atoms with Gasteiger partial charge in [0, 0.05) is 6.54 Å². The Hall–Kier alpha value is -1.30. The molecular formula is C12H22N2O4. The highest BCUT2D eigenvalue weighted by molar-refractivity contribution is 5.85. The summed E-state index contributed by atoms with van der Waals surface area (Å²) < 4.78 is 5.10. The van der Waals surface area contributed by atoms with Crippen LogP contribution < -0.4 is 10.6 Å². The molecule has 18 heavy (non-hydrogen) atoms. The minimum atomic E-state index is -0.644. The number of rotatable bonds is 1. The maximum Gasteiger partial charge on any atom is 0.408 e. The molecule has 0 aromatic heterocycles. The minimum Gasteiger partial charge on any atom is -0.444 e. The molecule has 0 saturated carbocycles. The van der Waals surface area contributed by atoms with Crippen molar-refractivity contribution in [3.63, 3.8) is 0 Å². The third-order valence-corrected chi connectivity index (χ3v) is 2.57. The van der Waals surface area contributed by atoms with Gasteiger partial charge in [-0.25, -0.2) is 4.79 Å². The van der Waals surface area contributed by atoms with Crippen LogP contribution in [0.2, 0.25) is 0 Å². The number of aliphatic hydroxyl groups excluding tert-OH is 1. The molecule has 2 amide bonds. The smallest absolute Gasteiger partial charge is 0.408 e. The molecular weight excluding hydrogens is 236 g/mol. The van der Waals surface area contributed by atoms with E-state index in [4.69, 9.17) is 4.74 Å². The third-order valence-electron chi connectivity index (χ3n) is 2.57. The maximum absolute atomic E-state index is 11.7. The van der Waals surface area contributed by atoms with E-state index in [2.05, 4.69) is 10.6 Å². The Balaban J connectivity index is 2.51. The summed E-state index contributed by atoms with van der Waals surface area (Å²) >= 11 is 0. The molecule has 1 rings (SSSR count). The second kappa shape index (κ2) is 6.04. The first-order chi connectivity index (χ1) is 8.28. The molecule has 0 spiro atoms. The van der Waals surface area contributed by atoms with E-state index >= 15 is 0 Å². The van der Waals surface area contributed by atoms with Crippen molar-refractivity contribution in [2.24, 2.45) is 0 Å². The molecule has 104 valence electrons. The summed E-state index contributed by atoms with van der Waals surface area (Å²) in [7, 11) is 0. The van der Waals surface area contributed by atoms with E-state index in [-0.39, 0.29) is 5.91 Å². The zero-order chi connectivity index (χ0) is 13.8. The molecule has 0 unspecified atom stereocenters. The van der Waals surface area contributed by atoms with Gasteiger partial charge >= 0.3 is 6.09 Å². The molecule has 0 aromatic rings. The summed E-state index contributed by atoms with van der Waals surface area (Å²) in [5.74, 6) is -0.229. The van der Waals surface area contributed by atoms with Crippen molar-refractivity contribution in [2.75, 3.05) is 6.54 Å². The van der Waals surface area contributed by atoms with Crippen LogP contribution in [0.15, 0.2) is 0 Å². The maximum atomic E-state index is 11.7. The zero-order valence-electron chi connectivity index (χ0n) is 11.2. The number of ether oxygens (including phenoxy) is 1. The molecule has 6 nitrogen and oxygen atoms in total. The zero-order valence-corrected chi connectivity index (χ0v) is 11.2. The molecule has 3 N–H and O–H groups in total. The Morgan fingerprint density at radius 2 is 2.06 bits per heavy atom. The van der Waals surface area contributed by atoms with Gasteiger partial charge in [0.25, 0.3) is 0 Å². The van der Waals surface area contributed by atoms with E-state index in [0.29, 0.717) is 25.8 Å². The Kier molecular flexibility index (Phi) is 4.95. The van der Waals surface area contributed by atoms with Gasteiger partial charge in [0.05, 0.1) is 6.10 Å². The number of carbonyl (C=O) groups excluding carboxylic acids is 2. The molecule has 0 aliphatic carbocycles. The molecule has 1 saturated heterocycles. The van der Waals surface area contributed by atoms with Crippen molar-refractivity contribution < 1.29 is 19.4 Å². The van der Waals surface area contributed by atoms with Gasteiger partial charge in [0.15, 0.2) is 0 Å². The highest BCUT2D eigenvalue weighted by atomic mass is 16.6. The van der Waals surface area contributed by atoms with Crippen LogP contribution in [0.25, 0.3) is 0 Å². The van der Waals surface area contributed by atoms with Gasteiger partial charge in [0.2, 0.25) is 5.91 Å². The summed E-state index contributed by atoms with van der Waals surface area (Å²) in [6.07, 6.45) is 0.400. The Labute approximate surface area is 107 Å². The first kappa shape index (κ1) is 14.8. The minimum absolute atomic E-state index is 0.229. The molecule has 1 fully saturated rings. The molecule has 0 aromatic carbocycles. The number of hydrogen-bond acceptors (Lipinski definition) is 4. The van der Waals surface area contributed by atoms with Crippen LogP contribution in [-0.2, 0) is 9.53 Å². The Morgan fingerprint density at radius 3 is 2.67 bits per heavy atom. The fourth-order valence-corrected chi connectivity index (χ4v) is 1.71. The number of alkyl carbamates (subject to hydrolysis) is 1. The van der Waals surface area contributed by atoms with Gasteiger partial charge in [-0.2, -0.15) is 0 Å². The lowest BCUT2D eigenvalue weighted by Crippen LogP contribution is -2.50. The lowest BCUT2D eigenvalue weighted by Gasteiger charge is -2.25. The van der Waals surface area contributed by atoms with Gasteiger partial charge in [-0.15, -0.1) is 0 Å². The first-order valence-corrected chi connectivity index (χ1v) is 6.23. The molecule has 1 heterocycles. The normalized spacial score (nSPS) is 25.7. The first-order valence-electron chi connectivity index (χ1n) is 6.23. The fourth-order valence-electron chi connectivity index (χ4n) is 1.71. The highest BCUT2D eigenvalue weighted by Crippen LogP contribution is 2.10. The predicted octanol–water partition coefficient (Wildman–Crippen LogP) is 0.541. The van der Waals surface area contributed by atoms with Crippen LogP contribution in [0.1, 0.15) is 40.0 Å². The van der Waals surface area contributed by atoms with E-state index in [1.165, 1.54) is 0 Å². The number of nitrogens with one attached hydrogen (secondary N) is 2. The number of aliphatic hydroxyl groups is 1. The largest absolute Gasteiger partial charge is 0.444 e. The molecule has 0 bridgehead atoms. The van der Waals surface area contributed by atoms with Gasteiger partial charge in [-0.05, 0) is 40.0 Å². The quantitative estimate of drug-likeness (QED) is 0.640. The predicted molar refractivity (Wildman–Crippen MR) is 66.0 cm³/mol. The molecule has 6 heteroatoms. The van der Waals surface area contributed by atoms with Crippen LogP contribution in [0.3, 0.4) is 0 Å². The van der Waals surface area contributed by atoms with Gasteiger partial charge < -0.3 is 20.5 Å². The van der Waals surface area contributed by atoms with Gasteiger partial charge in [-0.3, -0.25) is 4.79 Å². The molecule has 1 aliphatic heterocycles. The average molecular weight is 258 g/mol. The monoisotopic (exact) mass is 258 g/mol. The highest BCUT2D eigenvalue weighted by Gasteiger charge is 2.26. The SMILES string of the molecule is CC(C)(C)OC(=O)N[C@H]1CC[C@@H](O)CCNC1=O. The summed E-state index contributed by atoms with van der Waals surface area (Å²) in [5, 5.41) is 14.7. The van der Waals surface area contributed by atoms with Crippen LogP contribution in [0.5, 0.6) is 0 Å². The molecule has 0 radical (unpaired) electrons. The van der Waals surface area contributed by atoms with Crippen molar-refractivity contribution in [1.29, 1.82) is 0 Å².